The maximum atomic E-state index is 10.1. The molecule has 1 saturated carbocycles. The number of para-hydroxylation sites is 1. The molecule has 2 atom stereocenters. The van der Waals surface area contributed by atoms with Gasteiger partial charge in [-0.25, -0.2) is 0 Å². The largest absolute Gasteiger partial charge is 0.393 e. The van der Waals surface area contributed by atoms with E-state index in [0.29, 0.717) is 0 Å². The predicted molar refractivity (Wildman–Crippen MR) is 83.8 cm³/mol. The van der Waals surface area contributed by atoms with Crippen molar-refractivity contribution in [2.45, 2.75) is 37.3 Å². The number of fused-ring (bicyclic) bond motifs is 1. The van der Waals surface area contributed by atoms with Crippen LogP contribution in [0.15, 0.2) is 36.0 Å². The minimum absolute atomic E-state index is 0.0333. The maximum Gasteiger partial charge on any atom is 0.112 e. The molecule has 3 rings (SSSR count). The van der Waals surface area contributed by atoms with Crippen molar-refractivity contribution in [1.82, 2.24) is 0 Å². The summed E-state index contributed by atoms with van der Waals surface area (Å²) in [6, 6.07) is 8.38. The molecule has 1 heterocycles. The van der Waals surface area contributed by atoms with Crippen LogP contribution in [0.1, 0.15) is 19.4 Å². The molecular formula is C16H22BNO2. The van der Waals surface area contributed by atoms with Gasteiger partial charge in [-0.1, -0.05) is 38.1 Å². The molecule has 106 valence electrons. The molecule has 0 saturated heterocycles. The van der Waals surface area contributed by atoms with Gasteiger partial charge >= 0.3 is 0 Å². The highest BCUT2D eigenvalue weighted by molar-refractivity contribution is 6.13. The van der Waals surface area contributed by atoms with E-state index < -0.39 is 12.2 Å². The fraction of sp³-hybridized carbons (Fsp3) is 0.500. The highest BCUT2D eigenvalue weighted by Gasteiger charge is 2.47. The Kier molecular flexibility index (Phi) is 3.00. The zero-order chi connectivity index (χ0) is 14.7. The number of hydrogen-bond acceptors (Lipinski definition) is 3. The van der Waals surface area contributed by atoms with Gasteiger partial charge in [0.1, 0.15) is 7.85 Å². The van der Waals surface area contributed by atoms with E-state index in [2.05, 4.69) is 50.1 Å². The van der Waals surface area contributed by atoms with Crippen molar-refractivity contribution in [1.29, 1.82) is 0 Å². The van der Waals surface area contributed by atoms with E-state index in [1.54, 1.807) is 0 Å². The van der Waals surface area contributed by atoms with Gasteiger partial charge in [0, 0.05) is 29.8 Å². The van der Waals surface area contributed by atoms with E-state index in [1.807, 2.05) is 13.9 Å². The van der Waals surface area contributed by atoms with E-state index >= 15 is 0 Å². The van der Waals surface area contributed by atoms with Gasteiger partial charge in [-0.2, -0.15) is 0 Å². The summed E-state index contributed by atoms with van der Waals surface area (Å²) < 4.78 is 0. The number of hydrogen-bond donors (Lipinski definition) is 2. The van der Waals surface area contributed by atoms with Crippen LogP contribution in [-0.4, -0.2) is 37.3 Å². The van der Waals surface area contributed by atoms with E-state index in [-0.39, 0.29) is 17.2 Å². The topological polar surface area (TPSA) is 43.7 Å². The summed E-state index contributed by atoms with van der Waals surface area (Å²) in [5.41, 5.74) is 3.57. The Morgan fingerprint density at radius 3 is 2.40 bits per heavy atom. The molecule has 20 heavy (non-hydrogen) atoms. The molecule has 1 fully saturated rings. The van der Waals surface area contributed by atoms with E-state index in [9.17, 15) is 10.2 Å². The third-order valence-corrected chi connectivity index (χ3v) is 5.16. The van der Waals surface area contributed by atoms with E-state index in [1.165, 1.54) is 11.3 Å². The second-order valence-electron chi connectivity index (χ2n) is 6.67. The molecule has 0 aromatic heterocycles. The van der Waals surface area contributed by atoms with Crippen molar-refractivity contribution >= 4 is 13.5 Å². The third-order valence-electron chi connectivity index (χ3n) is 5.16. The molecule has 2 aliphatic rings. The smallest absolute Gasteiger partial charge is 0.112 e. The number of anilines is 1. The number of rotatable bonds is 1. The van der Waals surface area contributed by atoms with Gasteiger partial charge in [0.05, 0.1) is 12.2 Å². The monoisotopic (exact) mass is 271 g/mol. The van der Waals surface area contributed by atoms with Crippen molar-refractivity contribution in [3.05, 3.63) is 41.6 Å². The summed E-state index contributed by atoms with van der Waals surface area (Å²) in [6.45, 7) is 4.39. The van der Waals surface area contributed by atoms with Gasteiger partial charge in [0.15, 0.2) is 0 Å². The van der Waals surface area contributed by atoms with Gasteiger partial charge in [0.25, 0.3) is 0 Å². The Hall–Kier alpha value is -1.26. The number of aliphatic hydroxyl groups is 2. The molecule has 0 spiro atoms. The molecule has 0 radical (unpaired) electrons. The van der Waals surface area contributed by atoms with Gasteiger partial charge in [0.2, 0.25) is 0 Å². The standard InChI is InChI=1S/C16H22BNO2/c1-16(2)10-6-4-5-7-11(10)18(3)12(16)8-9-14(19)13(17)15(9)20/h4-9,13-15,19-20H,17H2,1-3H3. The molecule has 0 bridgehead atoms. The first-order valence-corrected chi connectivity index (χ1v) is 7.27. The van der Waals surface area contributed by atoms with Crippen LogP contribution in [0.2, 0.25) is 5.82 Å². The minimum Gasteiger partial charge on any atom is -0.393 e. The van der Waals surface area contributed by atoms with Crippen LogP contribution >= 0.6 is 0 Å². The fourth-order valence-corrected chi connectivity index (χ4v) is 3.64. The lowest BCUT2D eigenvalue weighted by molar-refractivity contribution is -0.0671. The van der Waals surface area contributed by atoms with Crippen molar-refractivity contribution in [3.8, 4) is 0 Å². The van der Waals surface area contributed by atoms with Crippen LogP contribution in [-0.2, 0) is 5.41 Å². The quantitative estimate of drug-likeness (QED) is 0.751. The molecule has 4 heteroatoms. The molecule has 0 amide bonds. The average molecular weight is 271 g/mol. The van der Waals surface area contributed by atoms with Gasteiger partial charge in [-0.3, -0.25) is 0 Å². The summed E-state index contributed by atoms with van der Waals surface area (Å²) in [5.74, 6) is -0.190. The Balaban J connectivity index is 2.00. The zero-order valence-corrected chi connectivity index (χ0v) is 12.5. The zero-order valence-electron chi connectivity index (χ0n) is 12.5. The number of aliphatic hydroxyl groups excluding tert-OH is 2. The minimum atomic E-state index is -0.439. The normalized spacial score (nSPS) is 36.9. The average Bonchev–Trinajstić information content (AvgIpc) is 2.64. The summed E-state index contributed by atoms with van der Waals surface area (Å²) >= 11 is 0. The van der Waals surface area contributed by atoms with Gasteiger partial charge < -0.3 is 15.1 Å². The van der Waals surface area contributed by atoms with Crippen molar-refractivity contribution in [3.63, 3.8) is 0 Å². The first-order valence-electron chi connectivity index (χ1n) is 7.27. The van der Waals surface area contributed by atoms with Crippen molar-refractivity contribution < 1.29 is 10.2 Å². The SMILES string of the molecule is BC1C(O)C(C=C2N(C)c3ccccc3C2(C)C)C1O. The Labute approximate surface area is 121 Å². The van der Waals surface area contributed by atoms with Gasteiger partial charge in [-0.05, 0) is 17.4 Å². The summed E-state index contributed by atoms with van der Waals surface area (Å²) in [4.78, 5) is 2.18. The number of allylic oxidation sites excluding steroid dienone is 1. The van der Waals surface area contributed by atoms with Gasteiger partial charge in [-0.15, -0.1) is 0 Å². The second-order valence-corrected chi connectivity index (χ2v) is 6.67. The Bertz CT molecular complexity index is 559. The Morgan fingerprint density at radius 2 is 1.80 bits per heavy atom. The summed E-state index contributed by atoms with van der Waals surface area (Å²) in [5, 5.41) is 20.1. The highest BCUT2D eigenvalue weighted by Crippen LogP contribution is 2.49. The predicted octanol–water partition coefficient (Wildman–Crippen LogP) is 1.07. The van der Waals surface area contributed by atoms with Crippen LogP contribution in [0.4, 0.5) is 5.69 Å². The lowest BCUT2D eigenvalue weighted by Crippen LogP contribution is -2.51. The van der Waals surface area contributed by atoms with Crippen molar-refractivity contribution in [2.75, 3.05) is 11.9 Å². The van der Waals surface area contributed by atoms with Crippen LogP contribution < -0.4 is 4.90 Å². The van der Waals surface area contributed by atoms with Crippen LogP contribution in [0.25, 0.3) is 0 Å². The molecule has 3 nitrogen and oxygen atoms in total. The highest BCUT2D eigenvalue weighted by atomic mass is 16.3. The molecule has 1 aromatic rings. The number of benzene rings is 1. The molecule has 1 aromatic carbocycles. The fourth-order valence-electron chi connectivity index (χ4n) is 3.64. The molecular weight excluding hydrogens is 249 g/mol. The summed E-state index contributed by atoms with van der Waals surface area (Å²) in [7, 11) is 3.95. The van der Waals surface area contributed by atoms with Crippen LogP contribution in [0.3, 0.4) is 0 Å². The molecule has 1 aliphatic heterocycles. The van der Waals surface area contributed by atoms with E-state index in [0.717, 1.165) is 5.70 Å². The molecule has 2 unspecified atom stereocenters. The van der Waals surface area contributed by atoms with Crippen LogP contribution in [0.5, 0.6) is 0 Å². The summed E-state index contributed by atoms with van der Waals surface area (Å²) in [6.07, 6.45) is 1.19. The lowest BCUT2D eigenvalue weighted by Gasteiger charge is -2.44. The van der Waals surface area contributed by atoms with Crippen molar-refractivity contribution in [2.24, 2.45) is 5.92 Å². The molecule has 1 aliphatic carbocycles. The molecule has 2 N–H and O–H groups in total. The van der Waals surface area contributed by atoms with Crippen LogP contribution in [0, 0.1) is 5.92 Å². The van der Waals surface area contributed by atoms with E-state index in [4.69, 9.17) is 0 Å². The third kappa shape index (κ3) is 1.68. The first kappa shape index (κ1) is 13.7. The first-order chi connectivity index (χ1) is 9.35. The second kappa shape index (κ2) is 4.37. The lowest BCUT2D eigenvalue weighted by atomic mass is 9.58. The Morgan fingerprint density at radius 1 is 1.20 bits per heavy atom. The maximum absolute atomic E-state index is 10.1. The number of nitrogens with zero attached hydrogens (tertiary/aromatic N) is 1. The number of likely N-dealkylation sites (N-methyl/N-ethyl adjacent to an activating group) is 1.